The van der Waals surface area contributed by atoms with Gasteiger partial charge >= 0.3 is 0 Å². The Morgan fingerprint density at radius 3 is 2.48 bits per heavy atom. The molecule has 0 aliphatic carbocycles. The van der Waals surface area contributed by atoms with E-state index in [1.54, 1.807) is 12.1 Å². The van der Waals surface area contributed by atoms with Crippen molar-refractivity contribution in [2.24, 2.45) is 0 Å². The van der Waals surface area contributed by atoms with E-state index in [1.165, 1.54) is 23.2 Å². The number of nitrogens with zero attached hydrogens (tertiary/aromatic N) is 1. The minimum absolute atomic E-state index is 0.334. The van der Waals surface area contributed by atoms with Gasteiger partial charge in [0.1, 0.15) is 0 Å². The summed E-state index contributed by atoms with van der Waals surface area (Å²) < 4.78 is 27.6. The molecule has 0 fully saturated rings. The molecule has 2 aromatic rings. The number of benzene rings is 2. The van der Waals surface area contributed by atoms with Crippen LogP contribution in [0.15, 0.2) is 47.4 Å². The predicted octanol–water partition coefficient (Wildman–Crippen LogP) is 3.93. The highest BCUT2D eigenvalue weighted by atomic mass is 32.2. The molecule has 0 aromatic heterocycles. The first-order valence-electron chi connectivity index (χ1n) is 9.99. The summed E-state index contributed by atoms with van der Waals surface area (Å²) in [4.78, 5) is 2.80. The maximum absolute atomic E-state index is 12.5. The number of fused-ring (bicyclic) bond motifs is 1. The third kappa shape index (κ3) is 4.90. The molecule has 0 saturated carbocycles. The molecule has 1 aliphatic heterocycles. The molecule has 0 atom stereocenters. The van der Waals surface area contributed by atoms with E-state index >= 15 is 0 Å². The van der Waals surface area contributed by atoms with Crippen molar-refractivity contribution in [3.05, 3.63) is 59.2 Å². The van der Waals surface area contributed by atoms with Crippen LogP contribution in [-0.4, -0.2) is 28.1 Å². The van der Waals surface area contributed by atoms with Crippen molar-refractivity contribution in [1.82, 2.24) is 4.72 Å². The van der Waals surface area contributed by atoms with Crippen LogP contribution >= 0.6 is 0 Å². The van der Waals surface area contributed by atoms with E-state index in [0.29, 0.717) is 17.9 Å². The fourth-order valence-electron chi connectivity index (χ4n) is 3.70. The van der Waals surface area contributed by atoms with Gasteiger partial charge in [-0.25, -0.2) is 13.1 Å². The van der Waals surface area contributed by atoms with Gasteiger partial charge in [-0.15, -0.1) is 0 Å². The molecule has 4 nitrogen and oxygen atoms in total. The Hall–Kier alpha value is -1.85. The number of sulfonamides is 1. The van der Waals surface area contributed by atoms with Gasteiger partial charge in [0, 0.05) is 25.3 Å². The van der Waals surface area contributed by atoms with Crippen LogP contribution in [0, 0.1) is 0 Å². The normalized spacial score (nSPS) is 14.2. The molecule has 0 saturated heterocycles. The number of rotatable bonds is 8. The minimum Gasteiger partial charge on any atom is -0.371 e. The van der Waals surface area contributed by atoms with Crippen LogP contribution < -0.4 is 9.62 Å². The highest BCUT2D eigenvalue weighted by molar-refractivity contribution is 7.89. The summed E-state index contributed by atoms with van der Waals surface area (Å²) in [6, 6.07) is 13.7. The van der Waals surface area contributed by atoms with E-state index in [4.69, 9.17) is 0 Å². The molecule has 0 spiro atoms. The van der Waals surface area contributed by atoms with Gasteiger partial charge in [0.2, 0.25) is 10.0 Å². The quantitative estimate of drug-likeness (QED) is 0.748. The van der Waals surface area contributed by atoms with Gasteiger partial charge in [-0.2, -0.15) is 0 Å². The molecule has 2 aromatic carbocycles. The maximum atomic E-state index is 12.5. The summed E-state index contributed by atoms with van der Waals surface area (Å²) in [7, 11) is -3.45. The van der Waals surface area contributed by atoms with Crippen molar-refractivity contribution in [2.45, 2.75) is 50.8 Å². The van der Waals surface area contributed by atoms with Gasteiger partial charge < -0.3 is 4.90 Å². The van der Waals surface area contributed by atoms with Crippen molar-refractivity contribution < 1.29 is 8.42 Å². The molecule has 1 aliphatic rings. The first-order valence-corrected chi connectivity index (χ1v) is 11.5. The summed E-state index contributed by atoms with van der Waals surface area (Å²) in [5.74, 6) is 0. The second-order valence-corrected chi connectivity index (χ2v) is 8.97. The summed E-state index contributed by atoms with van der Waals surface area (Å²) >= 11 is 0. The van der Waals surface area contributed by atoms with Crippen molar-refractivity contribution in [2.75, 3.05) is 24.5 Å². The van der Waals surface area contributed by atoms with E-state index in [9.17, 15) is 8.42 Å². The van der Waals surface area contributed by atoms with Crippen molar-refractivity contribution in [3.8, 4) is 0 Å². The van der Waals surface area contributed by atoms with E-state index in [1.807, 2.05) is 12.1 Å². The number of aryl methyl sites for hydroxylation is 2. The molecule has 3 rings (SSSR count). The lowest BCUT2D eigenvalue weighted by Gasteiger charge is -2.31. The number of hydrogen-bond donors (Lipinski definition) is 1. The zero-order valence-electron chi connectivity index (χ0n) is 16.4. The smallest absolute Gasteiger partial charge is 0.240 e. The monoisotopic (exact) mass is 386 g/mol. The number of hydrogen-bond acceptors (Lipinski definition) is 3. The summed E-state index contributed by atoms with van der Waals surface area (Å²) in [6.45, 7) is 6.92. The highest BCUT2D eigenvalue weighted by Crippen LogP contribution is 2.28. The SMILES string of the molecule is CCCN1CCCc2cc(CCNS(=O)(=O)c3ccc(CC)cc3)ccc21. The molecule has 0 bridgehead atoms. The molecular weight excluding hydrogens is 356 g/mol. The lowest BCUT2D eigenvalue weighted by molar-refractivity contribution is 0.581. The molecule has 146 valence electrons. The molecule has 1 heterocycles. The summed E-state index contributed by atoms with van der Waals surface area (Å²) in [5, 5.41) is 0. The molecule has 5 heteroatoms. The van der Waals surface area contributed by atoms with Crippen LogP contribution in [0.2, 0.25) is 0 Å². The molecule has 1 N–H and O–H groups in total. The Balaban J connectivity index is 1.61. The average Bonchev–Trinajstić information content (AvgIpc) is 2.68. The Labute approximate surface area is 163 Å². The van der Waals surface area contributed by atoms with Crippen LogP contribution in [0.4, 0.5) is 5.69 Å². The Morgan fingerprint density at radius 1 is 1.04 bits per heavy atom. The van der Waals surface area contributed by atoms with Crippen LogP contribution in [0.1, 0.15) is 43.4 Å². The Morgan fingerprint density at radius 2 is 1.78 bits per heavy atom. The average molecular weight is 387 g/mol. The van der Waals surface area contributed by atoms with Gasteiger partial charge in [-0.05, 0) is 67.0 Å². The summed E-state index contributed by atoms with van der Waals surface area (Å²) in [5.41, 5.74) is 5.07. The van der Waals surface area contributed by atoms with E-state index in [0.717, 1.165) is 37.9 Å². The van der Waals surface area contributed by atoms with E-state index < -0.39 is 10.0 Å². The fourth-order valence-corrected chi connectivity index (χ4v) is 4.74. The van der Waals surface area contributed by atoms with Crippen LogP contribution in [-0.2, 0) is 29.3 Å². The fraction of sp³-hybridized carbons (Fsp3) is 0.455. The standard InChI is InChI=1S/C22H30N2O2S/c1-3-15-24-16-5-6-20-17-19(9-12-22(20)24)13-14-23-27(25,26)21-10-7-18(4-2)8-11-21/h7-12,17,23H,3-6,13-16H2,1-2H3. The zero-order chi connectivity index (χ0) is 19.3. The van der Waals surface area contributed by atoms with Gasteiger partial charge in [-0.1, -0.05) is 38.1 Å². The van der Waals surface area contributed by atoms with Crippen molar-refractivity contribution in [3.63, 3.8) is 0 Å². The van der Waals surface area contributed by atoms with Crippen molar-refractivity contribution >= 4 is 15.7 Å². The van der Waals surface area contributed by atoms with E-state index in [-0.39, 0.29) is 0 Å². The van der Waals surface area contributed by atoms with Gasteiger partial charge in [0.15, 0.2) is 0 Å². The topological polar surface area (TPSA) is 49.4 Å². The number of anilines is 1. The Kier molecular flexibility index (Phi) is 6.55. The van der Waals surface area contributed by atoms with Crippen molar-refractivity contribution in [1.29, 1.82) is 0 Å². The Bertz CT molecular complexity index is 860. The van der Waals surface area contributed by atoms with Gasteiger partial charge in [0.25, 0.3) is 0 Å². The zero-order valence-corrected chi connectivity index (χ0v) is 17.2. The van der Waals surface area contributed by atoms with Gasteiger partial charge in [-0.3, -0.25) is 0 Å². The second-order valence-electron chi connectivity index (χ2n) is 7.20. The first kappa shape index (κ1) is 19.9. The predicted molar refractivity (Wildman–Crippen MR) is 112 cm³/mol. The number of nitrogens with one attached hydrogen (secondary N) is 1. The third-order valence-electron chi connectivity index (χ3n) is 5.20. The summed E-state index contributed by atoms with van der Waals surface area (Å²) in [6.07, 6.45) is 5.06. The lowest BCUT2D eigenvalue weighted by atomic mass is 9.98. The first-order chi connectivity index (χ1) is 13.0. The second kappa shape index (κ2) is 8.89. The molecular formula is C22H30N2O2S. The molecule has 27 heavy (non-hydrogen) atoms. The minimum atomic E-state index is -3.45. The van der Waals surface area contributed by atoms with E-state index in [2.05, 4.69) is 41.7 Å². The van der Waals surface area contributed by atoms with Crippen LogP contribution in [0.3, 0.4) is 0 Å². The third-order valence-corrected chi connectivity index (χ3v) is 6.68. The highest BCUT2D eigenvalue weighted by Gasteiger charge is 2.17. The molecule has 0 radical (unpaired) electrons. The largest absolute Gasteiger partial charge is 0.371 e. The van der Waals surface area contributed by atoms with Crippen LogP contribution in [0.5, 0.6) is 0 Å². The molecule has 0 unspecified atom stereocenters. The van der Waals surface area contributed by atoms with Crippen LogP contribution in [0.25, 0.3) is 0 Å². The van der Waals surface area contributed by atoms with Gasteiger partial charge in [0.05, 0.1) is 4.90 Å². The molecule has 0 amide bonds. The lowest BCUT2D eigenvalue weighted by Crippen LogP contribution is -2.30. The maximum Gasteiger partial charge on any atom is 0.240 e.